The van der Waals surface area contributed by atoms with Crippen LogP contribution < -0.4 is 0 Å². The first-order valence-corrected chi connectivity index (χ1v) is 40.2. The molecule has 0 fully saturated rings. The number of hydrogen-bond acceptors (Lipinski definition) is 15. The van der Waals surface area contributed by atoms with Gasteiger partial charge < -0.3 is 33.8 Å². The zero-order valence-electron chi connectivity index (χ0n) is 59.5. The fraction of sp³-hybridized carbons (Fsp3) is 0.944. The van der Waals surface area contributed by atoms with Crippen LogP contribution in [-0.4, -0.2) is 96.7 Å². The van der Waals surface area contributed by atoms with E-state index in [0.29, 0.717) is 25.7 Å². The van der Waals surface area contributed by atoms with E-state index in [4.69, 9.17) is 37.0 Å². The van der Waals surface area contributed by atoms with Crippen molar-refractivity contribution in [2.45, 2.75) is 375 Å². The molecule has 0 aromatic rings. The molecule has 2 unspecified atom stereocenters. The third-order valence-corrected chi connectivity index (χ3v) is 18.5. The molecule has 0 heterocycles. The Balaban J connectivity index is 5.27. The molecule has 91 heavy (non-hydrogen) atoms. The molecule has 0 radical (unpaired) electrons. The molecular weight excluding hydrogens is 1200 g/mol. The normalized spacial score (nSPS) is 14.2. The number of aliphatic hydroxyl groups excluding tert-OH is 1. The van der Waals surface area contributed by atoms with Crippen molar-refractivity contribution < 1.29 is 80.2 Å². The van der Waals surface area contributed by atoms with Crippen molar-refractivity contribution in [1.29, 1.82) is 0 Å². The number of ether oxygens (including phenoxy) is 4. The second-order valence-electron chi connectivity index (χ2n) is 27.9. The number of hydrogen-bond donors (Lipinski definition) is 3. The van der Waals surface area contributed by atoms with E-state index in [1.807, 2.05) is 0 Å². The molecule has 0 spiro atoms. The lowest BCUT2D eigenvalue weighted by Crippen LogP contribution is -2.30. The molecule has 540 valence electrons. The lowest BCUT2D eigenvalue weighted by Gasteiger charge is -2.21. The van der Waals surface area contributed by atoms with E-state index in [1.165, 1.54) is 161 Å². The Kier molecular flexibility index (Phi) is 60.3. The van der Waals surface area contributed by atoms with Crippen LogP contribution in [0.25, 0.3) is 0 Å². The summed E-state index contributed by atoms with van der Waals surface area (Å²) in [6.45, 7) is 14.1. The van der Waals surface area contributed by atoms with Crippen LogP contribution in [0.1, 0.15) is 357 Å². The number of rotatable bonds is 69. The van der Waals surface area contributed by atoms with Crippen LogP contribution in [0.2, 0.25) is 0 Å². The predicted molar refractivity (Wildman–Crippen MR) is 367 cm³/mol. The van der Waals surface area contributed by atoms with Crippen LogP contribution in [0.3, 0.4) is 0 Å². The Bertz CT molecular complexity index is 1800. The maximum absolute atomic E-state index is 13.0. The third-order valence-electron chi connectivity index (χ3n) is 16.6. The average molecular weight is 1340 g/mol. The van der Waals surface area contributed by atoms with Crippen molar-refractivity contribution in [2.24, 2.45) is 23.7 Å². The van der Waals surface area contributed by atoms with E-state index < -0.39 is 97.5 Å². The van der Waals surface area contributed by atoms with E-state index in [0.717, 1.165) is 114 Å². The maximum Gasteiger partial charge on any atom is 0.472 e. The van der Waals surface area contributed by atoms with Gasteiger partial charge in [0.1, 0.15) is 19.3 Å². The third kappa shape index (κ3) is 66.5. The molecule has 0 saturated carbocycles. The molecule has 0 aliphatic heterocycles. The number of carbonyl (C=O) groups is 4. The summed E-state index contributed by atoms with van der Waals surface area (Å²) in [5.41, 5.74) is 0. The number of carbonyl (C=O) groups excluding carboxylic acids is 4. The Hall–Kier alpha value is -1.94. The van der Waals surface area contributed by atoms with Crippen LogP contribution in [0, 0.1) is 23.7 Å². The summed E-state index contributed by atoms with van der Waals surface area (Å²) in [6.07, 6.45) is 44.4. The summed E-state index contributed by atoms with van der Waals surface area (Å²) in [5.74, 6) is 0.878. The molecule has 3 N–H and O–H groups in total. The van der Waals surface area contributed by atoms with Crippen LogP contribution >= 0.6 is 15.6 Å². The van der Waals surface area contributed by atoms with Gasteiger partial charge in [-0.25, -0.2) is 9.13 Å². The summed E-state index contributed by atoms with van der Waals surface area (Å²) in [6, 6.07) is 0. The Morgan fingerprint density at radius 1 is 0.275 bits per heavy atom. The quantitative estimate of drug-likeness (QED) is 0.0222. The minimum Gasteiger partial charge on any atom is -0.462 e. The van der Waals surface area contributed by atoms with Gasteiger partial charge in [-0.3, -0.25) is 37.3 Å². The highest BCUT2D eigenvalue weighted by Crippen LogP contribution is 2.45. The highest BCUT2D eigenvalue weighted by atomic mass is 31.2. The van der Waals surface area contributed by atoms with Gasteiger partial charge in [0, 0.05) is 25.7 Å². The summed E-state index contributed by atoms with van der Waals surface area (Å²) < 4.78 is 68.4. The number of aliphatic hydroxyl groups is 1. The molecule has 5 atom stereocenters. The SMILES string of the molecule is CC(C)CCCCCCCCCCCCCC(=O)O[C@H](COC(=O)CCCCCCCCCCCCC(C)C)COP(=O)(O)OC[C@@H](O)COP(=O)(O)OC[C@@H](COC(=O)CCCCCCCCCCCC(C)C)OC(=O)CCCCCCCCCCCC(C)C. The summed E-state index contributed by atoms with van der Waals surface area (Å²) in [7, 11) is -9.91. The van der Waals surface area contributed by atoms with Crippen molar-refractivity contribution in [2.75, 3.05) is 39.6 Å². The first-order chi connectivity index (χ1) is 43.6. The van der Waals surface area contributed by atoms with Gasteiger partial charge in [0.25, 0.3) is 0 Å². The van der Waals surface area contributed by atoms with Gasteiger partial charge in [0.15, 0.2) is 12.2 Å². The Labute approximate surface area is 556 Å². The van der Waals surface area contributed by atoms with Crippen LogP contribution in [0.5, 0.6) is 0 Å². The number of phosphoric acid groups is 2. The largest absolute Gasteiger partial charge is 0.472 e. The molecule has 0 saturated heterocycles. The standard InChI is InChI=1S/C72H140O17P2/c1-62(2)48-40-32-24-16-10-9-11-21-30-38-46-54-71(76)88-67(58-82-69(74)52-44-36-28-20-13-12-17-25-33-41-49-63(3)4)60-86-90(78,79)84-56-66(73)57-85-91(80,81)87-61-68(89-72(77)55-47-39-31-23-15-19-27-35-43-51-65(7)8)59-83-70(75)53-45-37-29-22-14-18-26-34-42-50-64(5)6/h62-68,73H,9-61H2,1-8H3,(H,78,79)(H,80,81)/t66-,67-,68-/m1/s1. The maximum atomic E-state index is 13.0. The molecule has 0 amide bonds. The molecule has 0 aliphatic rings. The van der Waals surface area contributed by atoms with Crippen LogP contribution in [-0.2, 0) is 65.4 Å². The Morgan fingerprint density at radius 2 is 0.462 bits per heavy atom. The van der Waals surface area contributed by atoms with E-state index >= 15 is 0 Å². The first-order valence-electron chi connectivity index (χ1n) is 37.2. The molecule has 0 bridgehead atoms. The van der Waals surface area contributed by atoms with Crippen molar-refractivity contribution in [3.8, 4) is 0 Å². The fourth-order valence-electron chi connectivity index (χ4n) is 10.8. The summed E-state index contributed by atoms with van der Waals surface area (Å²) >= 11 is 0. The Morgan fingerprint density at radius 3 is 0.681 bits per heavy atom. The van der Waals surface area contributed by atoms with E-state index in [9.17, 15) is 43.2 Å². The smallest absolute Gasteiger partial charge is 0.462 e. The molecule has 17 nitrogen and oxygen atoms in total. The predicted octanol–water partition coefficient (Wildman–Crippen LogP) is 20.5. The molecular formula is C72H140O17P2. The monoisotopic (exact) mass is 1340 g/mol. The zero-order valence-corrected chi connectivity index (χ0v) is 61.3. The van der Waals surface area contributed by atoms with Crippen molar-refractivity contribution in [3.63, 3.8) is 0 Å². The van der Waals surface area contributed by atoms with Crippen molar-refractivity contribution in [1.82, 2.24) is 0 Å². The van der Waals surface area contributed by atoms with Gasteiger partial charge >= 0.3 is 39.5 Å². The van der Waals surface area contributed by atoms with Gasteiger partial charge in [-0.05, 0) is 49.4 Å². The lowest BCUT2D eigenvalue weighted by molar-refractivity contribution is -0.161. The minimum atomic E-state index is -4.95. The van der Waals surface area contributed by atoms with Crippen molar-refractivity contribution in [3.05, 3.63) is 0 Å². The molecule has 0 aliphatic carbocycles. The average Bonchev–Trinajstić information content (AvgIpc) is 2.39. The number of phosphoric ester groups is 2. The van der Waals surface area contributed by atoms with Gasteiger partial charge in [0.05, 0.1) is 26.4 Å². The molecule has 0 aromatic heterocycles. The summed E-state index contributed by atoms with van der Waals surface area (Å²) in [5, 5.41) is 10.6. The summed E-state index contributed by atoms with van der Waals surface area (Å²) in [4.78, 5) is 72.7. The van der Waals surface area contributed by atoms with Crippen LogP contribution in [0.15, 0.2) is 0 Å². The highest BCUT2D eigenvalue weighted by molar-refractivity contribution is 7.47. The zero-order chi connectivity index (χ0) is 67.5. The van der Waals surface area contributed by atoms with Crippen molar-refractivity contribution >= 4 is 39.5 Å². The topological polar surface area (TPSA) is 237 Å². The van der Waals surface area contributed by atoms with E-state index in [1.54, 1.807) is 0 Å². The second-order valence-corrected chi connectivity index (χ2v) is 30.8. The van der Waals surface area contributed by atoms with Gasteiger partial charge in [0.2, 0.25) is 0 Å². The van der Waals surface area contributed by atoms with E-state index in [2.05, 4.69) is 55.4 Å². The van der Waals surface area contributed by atoms with E-state index in [-0.39, 0.29) is 25.7 Å². The molecule has 0 rings (SSSR count). The fourth-order valence-corrected chi connectivity index (χ4v) is 12.4. The van der Waals surface area contributed by atoms with Gasteiger partial charge in [-0.15, -0.1) is 0 Å². The number of esters is 4. The van der Waals surface area contributed by atoms with Gasteiger partial charge in [-0.2, -0.15) is 0 Å². The second kappa shape index (κ2) is 61.6. The van der Waals surface area contributed by atoms with Gasteiger partial charge in [-0.1, -0.05) is 306 Å². The number of unbranched alkanes of at least 4 members (excludes halogenated alkanes) is 35. The lowest BCUT2D eigenvalue weighted by atomic mass is 10.0. The first kappa shape index (κ1) is 89.1. The van der Waals surface area contributed by atoms with Crippen LogP contribution in [0.4, 0.5) is 0 Å². The highest BCUT2D eigenvalue weighted by Gasteiger charge is 2.30. The molecule has 0 aromatic carbocycles. The minimum absolute atomic E-state index is 0.104. The molecule has 19 heteroatoms.